The van der Waals surface area contributed by atoms with Gasteiger partial charge in [-0.15, -0.1) is 0 Å². The highest BCUT2D eigenvalue weighted by Gasteiger charge is 2.34. The molecule has 0 aliphatic carbocycles. The molecule has 0 radical (unpaired) electrons. The fraction of sp³-hybridized carbons (Fsp3) is 1.00. The number of aliphatic hydroxyl groups excluding tert-OH is 1. The highest BCUT2D eigenvalue weighted by Crippen LogP contribution is 2.19. The van der Waals surface area contributed by atoms with E-state index in [1.807, 2.05) is 0 Å². The summed E-state index contributed by atoms with van der Waals surface area (Å²) in [6, 6.07) is 0.832. The van der Waals surface area contributed by atoms with Crippen molar-refractivity contribution in [3.8, 4) is 0 Å². The Hall–Kier alpha value is -0.160. The number of fused-ring (bicyclic) bond motifs is 2. The van der Waals surface area contributed by atoms with Gasteiger partial charge >= 0.3 is 0 Å². The largest absolute Gasteiger partial charge is 0.396 e. The Bertz CT molecular complexity index is 143. The third-order valence-corrected chi connectivity index (χ3v) is 2.75. The molecule has 76 valence electrons. The lowest BCUT2D eigenvalue weighted by atomic mass is 10.1. The first-order valence-corrected chi connectivity index (χ1v) is 4.94. The van der Waals surface area contributed by atoms with Crippen molar-refractivity contribution in [3.05, 3.63) is 0 Å². The summed E-state index contributed by atoms with van der Waals surface area (Å²) >= 11 is 0. The average Bonchev–Trinajstić information content (AvgIpc) is 2.14. The summed E-state index contributed by atoms with van der Waals surface area (Å²) < 4.78 is 10.9. The molecule has 0 aromatic carbocycles. The standard InChI is InChI=1S/C9H17NO3/c11-3-1-2-10-8-4-12-6-9(10)7-13-5-8/h8-9,11H,1-7H2. The number of morpholine rings is 2. The maximum absolute atomic E-state index is 8.77. The van der Waals surface area contributed by atoms with Crippen LogP contribution in [-0.2, 0) is 9.47 Å². The second-order valence-electron chi connectivity index (χ2n) is 3.70. The zero-order chi connectivity index (χ0) is 9.10. The Kier molecular flexibility index (Phi) is 3.16. The zero-order valence-electron chi connectivity index (χ0n) is 7.82. The van der Waals surface area contributed by atoms with Crippen LogP contribution in [0.15, 0.2) is 0 Å². The molecule has 2 aliphatic rings. The van der Waals surface area contributed by atoms with Gasteiger partial charge in [-0.3, -0.25) is 4.90 Å². The lowest BCUT2D eigenvalue weighted by molar-refractivity contribution is -0.138. The van der Waals surface area contributed by atoms with Crippen LogP contribution in [-0.4, -0.2) is 61.7 Å². The molecule has 0 aromatic rings. The Morgan fingerprint density at radius 3 is 2.08 bits per heavy atom. The van der Waals surface area contributed by atoms with Gasteiger partial charge in [-0.25, -0.2) is 0 Å². The predicted molar refractivity (Wildman–Crippen MR) is 47.6 cm³/mol. The Labute approximate surface area is 78.4 Å². The molecule has 0 spiro atoms. The van der Waals surface area contributed by atoms with E-state index in [2.05, 4.69) is 4.90 Å². The van der Waals surface area contributed by atoms with Crippen LogP contribution in [0.3, 0.4) is 0 Å². The lowest BCUT2D eigenvalue weighted by Gasteiger charge is -2.45. The van der Waals surface area contributed by atoms with Crippen molar-refractivity contribution in [2.24, 2.45) is 0 Å². The normalized spacial score (nSPS) is 34.8. The highest BCUT2D eigenvalue weighted by atomic mass is 16.5. The maximum atomic E-state index is 8.77. The minimum atomic E-state index is 0.275. The summed E-state index contributed by atoms with van der Waals surface area (Å²) in [5, 5.41) is 8.77. The lowest BCUT2D eigenvalue weighted by Crippen LogP contribution is -2.59. The number of hydrogen-bond acceptors (Lipinski definition) is 4. The van der Waals surface area contributed by atoms with Crippen LogP contribution in [0.25, 0.3) is 0 Å². The van der Waals surface area contributed by atoms with E-state index < -0.39 is 0 Å². The molecule has 2 fully saturated rings. The van der Waals surface area contributed by atoms with Gasteiger partial charge in [-0.05, 0) is 6.42 Å². The number of hydrogen-bond donors (Lipinski definition) is 1. The van der Waals surface area contributed by atoms with E-state index in [4.69, 9.17) is 14.6 Å². The molecule has 0 atom stereocenters. The molecule has 13 heavy (non-hydrogen) atoms. The zero-order valence-corrected chi connectivity index (χ0v) is 7.82. The van der Waals surface area contributed by atoms with Crippen molar-refractivity contribution in [2.45, 2.75) is 18.5 Å². The van der Waals surface area contributed by atoms with Crippen molar-refractivity contribution in [1.82, 2.24) is 4.90 Å². The van der Waals surface area contributed by atoms with Gasteiger partial charge in [0.25, 0.3) is 0 Å². The highest BCUT2D eigenvalue weighted by molar-refractivity contribution is 4.86. The quantitative estimate of drug-likeness (QED) is 0.645. The van der Waals surface area contributed by atoms with Gasteiger partial charge in [0.15, 0.2) is 0 Å². The number of ether oxygens (including phenoxy) is 2. The van der Waals surface area contributed by atoms with Gasteiger partial charge in [0.1, 0.15) is 0 Å². The molecular weight excluding hydrogens is 170 g/mol. The fourth-order valence-electron chi connectivity index (χ4n) is 2.08. The van der Waals surface area contributed by atoms with Gasteiger partial charge in [0.2, 0.25) is 0 Å². The molecular formula is C9H17NO3. The summed E-state index contributed by atoms with van der Waals surface area (Å²) in [5.41, 5.74) is 0. The predicted octanol–water partition coefficient (Wildman–Crippen LogP) is -0.532. The van der Waals surface area contributed by atoms with Gasteiger partial charge in [0, 0.05) is 13.2 Å². The summed E-state index contributed by atoms with van der Waals surface area (Å²) in [5.74, 6) is 0. The van der Waals surface area contributed by atoms with Gasteiger partial charge in [0.05, 0.1) is 38.5 Å². The first-order chi connectivity index (χ1) is 6.42. The van der Waals surface area contributed by atoms with Gasteiger partial charge < -0.3 is 14.6 Å². The van der Waals surface area contributed by atoms with E-state index >= 15 is 0 Å². The van der Waals surface area contributed by atoms with Gasteiger partial charge in [-0.1, -0.05) is 0 Å². The summed E-state index contributed by atoms with van der Waals surface area (Å²) in [6.07, 6.45) is 0.854. The fourth-order valence-corrected chi connectivity index (χ4v) is 2.08. The smallest absolute Gasteiger partial charge is 0.0645 e. The third kappa shape index (κ3) is 2.02. The first kappa shape index (κ1) is 9.40. The molecule has 0 unspecified atom stereocenters. The van der Waals surface area contributed by atoms with Crippen LogP contribution in [0.5, 0.6) is 0 Å². The van der Waals surface area contributed by atoms with Crippen LogP contribution in [0.1, 0.15) is 6.42 Å². The Morgan fingerprint density at radius 2 is 1.62 bits per heavy atom. The number of rotatable bonds is 3. The van der Waals surface area contributed by atoms with Gasteiger partial charge in [-0.2, -0.15) is 0 Å². The van der Waals surface area contributed by atoms with Crippen molar-refractivity contribution in [3.63, 3.8) is 0 Å². The second kappa shape index (κ2) is 4.37. The molecule has 4 heteroatoms. The van der Waals surface area contributed by atoms with E-state index in [0.717, 1.165) is 39.4 Å². The molecule has 2 aliphatic heterocycles. The first-order valence-electron chi connectivity index (χ1n) is 4.94. The Balaban J connectivity index is 1.90. The SMILES string of the molecule is OCCCN1C2COCC1COC2. The van der Waals surface area contributed by atoms with Crippen molar-refractivity contribution < 1.29 is 14.6 Å². The van der Waals surface area contributed by atoms with Crippen LogP contribution in [0.4, 0.5) is 0 Å². The summed E-state index contributed by atoms with van der Waals surface area (Å²) in [7, 11) is 0. The van der Waals surface area contributed by atoms with Crippen LogP contribution in [0.2, 0.25) is 0 Å². The maximum Gasteiger partial charge on any atom is 0.0645 e. The monoisotopic (exact) mass is 187 g/mol. The van der Waals surface area contributed by atoms with Crippen molar-refractivity contribution in [1.29, 1.82) is 0 Å². The molecule has 0 saturated carbocycles. The van der Waals surface area contributed by atoms with Crippen LogP contribution >= 0.6 is 0 Å². The van der Waals surface area contributed by atoms with E-state index in [1.165, 1.54) is 0 Å². The van der Waals surface area contributed by atoms with E-state index in [1.54, 1.807) is 0 Å². The summed E-state index contributed by atoms with van der Waals surface area (Å²) in [4.78, 5) is 2.42. The Morgan fingerprint density at radius 1 is 1.08 bits per heavy atom. The molecule has 0 amide bonds. The molecule has 2 bridgehead atoms. The molecule has 2 heterocycles. The topological polar surface area (TPSA) is 41.9 Å². The molecule has 4 nitrogen and oxygen atoms in total. The number of aliphatic hydroxyl groups is 1. The second-order valence-corrected chi connectivity index (χ2v) is 3.70. The minimum Gasteiger partial charge on any atom is -0.396 e. The van der Waals surface area contributed by atoms with E-state index in [0.29, 0.717) is 12.1 Å². The summed E-state index contributed by atoms with van der Waals surface area (Å²) in [6.45, 7) is 4.37. The van der Waals surface area contributed by atoms with E-state index in [9.17, 15) is 0 Å². The van der Waals surface area contributed by atoms with Crippen LogP contribution in [0, 0.1) is 0 Å². The van der Waals surface area contributed by atoms with Crippen molar-refractivity contribution >= 4 is 0 Å². The van der Waals surface area contributed by atoms with E-state index in [-0.39, 0.29) is 6.61 Å². The molecule has 2 saturated heterocycles. The third-order valence-electron chi connectivity index (χ3n) is 2.75. The number of nitrogens with zero attached hydrogens (tertiary/aromatic N) is 1. The molecule has 0 aromatic heterocycles. The molecule has 2 rings (SSSR count). The average molecular weight is 187 g/mol. The van der Waals surface area contributed by atoms with Crippen molar-refractivity contribution in [2.75, 3.05) is 39.6 Å². The minimum absolute atomic E-state index is 0.275. The van der Waals surface area contributed by atoms with Crippen LogP contribution < -0.4 is 0 Å². The molecule has 1 N–H and O–H groups in total.